The maximum absolute atomic E-state index is 12.9. The minimum Gasteiger partial charge on any atom is -0.345 e. The topological polar surface area (TPSA) is 55.1 Å². The molecule has 0 aliphatic rings. The molecule has 0 aliphatic carbocycles. The normalized spacial score (nSPS) is 11.4. The number of amides is 1. The summed E-state index contributed by atoms with van der Waals surface area (Å²) in [6, 6.07) is 3.71. The first-order chi connectivity index (χ1) is 8.48. The summed E-state index contributed by atoms with van der Waals surface area (Å²) < 4.78 is 12.9. The number of hydrogen-bond acceptors (Lipinski definition) is 2. The second kappa shape index (κ2) is 6.16. The van der Waals surface area contributed by atoms with E-state index >= 15 is 0 Å². The zero-order chi connectivity index (χ0) is 13.8. The van der Waals surface area contributed by atoms with E-state index in [4.69, 9.17) is 17.3 Å². The van der Waals surface area contributed by atoms with Crippen LogP contribution in [0.5, 0.6) is 0 Å². The summed E-state index contributed by atoms with van der Waals surface area (Å²) in [5.74, 6) is -0.790. The van der Waals surface area contributed by atoms with Gasteiger partial charge in [-0.05, 0) is 31.0 Å². The summed E-state index contributed by atoms with van der Waals surface area (Å²) in [6.45, 7) is 4.27. The summed E-state index contributed by atoms with van der Waals surface area (Å²) >= 11 is 5.85. The minimum absolute atomic E-state index is 0.102. The van der Waals surface area contributed by atoms with Crippen LogP contribution < -0.4 is 11.1 Å². The smallest absolute Gasteiger partial charge is 0.253 e. The Morgan fingerprint density at radius 2 is 2.06 bits per heavy atom. The van der Waals surface area contributed by atoms with Gasteiger partial charge in [0.15, 0.2) is 0 Å². The molecule has 18 heavy (non-hydrogen) atoms. The number of benzene rings is 1. The van der Waals surface area contributed by atoms with E-state index in [1.807, 2.05) is 13.8 Å². The second-order valence-electron chi connectivity index (χ2n) is 4.27. The molecule has 0 unspecified atom stereocenters. The quantitative estimate of drug-likeness (QED) is 0.866. The van der Waals surface area contributed by atoms with Gasteiger partial charge in [0, 0.05) is 6.54 Å². The molecule has 1 aromatic rings. The molecule has 0 spiro atoms. The van der Waals surface area contributed by atoms with Crippen LogP contribution in [0, 0.1) is 5.82 Å². The number of carbonyl (C=O) groups is 1. The van der Waals surface area contributed by atoms with Gasteiger partial charge in [0.2, 0.25) is 0 Å². The van der Waals surface area contributed by atoms with Crippen LogP contribution in [0.15, 0.2) is 18.2 Å². The van der Waals surface area contributed by atoms with Crippen molar-refractivity contribution >= 4 is 17.5 Å². The molecule has 3 N–H and O–H groups in total. The van der Waals surface area contributed by atoms with Gasteiger partial charge in [-0.3, -0.25) is 4.79 Å². The molecule has 1 amide bonds. The van der Waals surface area contributed by atoms with Gasteiger partial charge in [-0.25, -0.2) is 4.39 Å². The van der Waals surface area contributed by atoms with Gasteiger partial charge in [-0.1, -0.05) is 25.4 Å². The van der Waals surface area contributed by atoms with E-state index in [-0.39, 0.29) is 16.5 Å². The van der Waals surface area contributed by atoms with Gasteiger partial charge < -0.3 is 11.1 Å². The molecule has 3 nitrogen and oxygen atoms in total. The molecule has 0 fully saturated rings. The third-order valence-electron chi connectivity index (χ3n) is 3.30. The summed E-state index contributed by atoms with van der Waals surface area (Å²) in [4.78, 5) is 12.1. The average molecular weight is 273 g/mol. The zero-order valence-electron chi connectivity index (χ0n) is 10.6. The van der Waals surface area contributed by atoms with Crippen LogP contribution in [0.4, 0.5) is 4.39 Å². The molecule has 100 valence electrons. The largest absolute Gasteiger partial charge is 0.345 e. The SMILES string of the molecule is CCC(CC)(CN)NC(=O)c1ccc(F)cc1Cl. The molecule has 1 rings (SSSR count). The van der Waals surface area contributed by atoms with Crippen molar-refractivity contribution in [2.45, 2.75) is 32.2 Å². The van der Waals surface area contributed by atoms with Crippen molar-refractivity contribution in [3.05, 3.63) is 34.6 Å². The van der Waals surface area contributed by atoms with Gasteiger partial charge in [0.25, 0.3) is 5.91 Å². The van der Waals surface area contributed by atoms with Crippen LogP contribution in [-0.4, -0.2) is 18.0 Å². The first kappa shape index (κ1) is 14.9. The van der Waals surface area contributed by atoms with Gasteiger partial charge in [-0.2, -0.15) is 0 Å². The number of carbonyl (C=O) groups excluding carboxylic acids is 1. The van der Waals surface area contributed by atoms with Crippen molar-refractivity contribution in [2.24, 2.45) is 5.73 Å². The maximum Gasteiger partial charge on any atom is 0.253 e. The Kier molecular flexibility index (Phi) is 5.11. The van der Waals surface area contributed by atoms with E-state index in [1.165, 1.54) is 12.1 Å². The van der Waals surface area contributed by atoms with Gasteiger partial charge in [0.05, 0.1) is 16.1 Å². The summed E-state index contributed by atoms with van der Waals surface area (Å²) in [7, 11) is 0. The maximum atomic E-state index is 12.9. The Morgan fingerprint density at radius 3 is 2.50 bits per heavy atom. The third kappa shape index (κ3) is 3.21. The fourth-order valence-electron chi connectivity index (χ4n) is 1.75. The highest BCUT2D eigenvalue weighted by atomic mass is 35.5. The van der Waals surface area contributed by atoms with Crippen molar-refractivity contribution in [2.75, 3.05) is 6.54 Å². The predicted octanol–water partition coefficient (Wildman–Crippen LogP) is 2.73. The van der Waals surface area contributed by atoms with E-state index in [9.17, 15) is 9.18 Å². The third-order valence-corrected chi connectivity index (χ3v) is 3.61. The molecule has 0 aromatic heterocycles. The van der Waals surface area contributed by atoms with E-state index in [0.717, 1.165) is 18.9 Å². The van der Waals surface area contributed by atoms with Crippen LogP contribution in [0.25, 0.3) is 0 Å². The Labute approximate surface area is 112 Å². The molecule has 0 atom stereocenters. The number of nitrogens with two attached hydrogens (primary N) is 1. The number of nitrogens with one attached hydrogen (secondary N) is 1. The van der Waals surface area contributed by atoms with Crippen molar-refractivity contribution < 1.29 is 9.18 Å². The standard InChI is InChI=1S/C13H18ClFN2O/c1-3-13(4-2,8-16)17-12(18)10-6-5-9(15)7-11(10)14/h5-7H,3-4,8,16H2,1-2H3,(H,17,18). The van der Waals surface area contributed by atoms with Crippen LogP contribution in [0.3, 0.4) is 0 Å². The van der Waals surface area contributed by atoms with Gasteiger partial charge >= 0.3 is 0 Å². The van der Waals surface area contributed by atoms with E-state index in [1.54, 1.807) is 0 Å². The molecular formula is C13H18ClFN2O. The molecule has 0 saturated heterocycles. The van der Waals surface area contributed by atoms with Crippen molar-refractivity contribution in [3.8, 4) is 0 Å². The minimum atomic E-state index is -0.465. The first-order valence-electron chi connectivity index (χ1n) is 5.95. The molecular weight excluding hydrogens is 255 g/mol. The molecule has 0 radical (unpaired) electrons. The lowest BCUT2D eigenvalue weighted by Crippen LogP contribution is -2.52. The zero-order valence-corrected chi connectivity index (χ0v) is 11.4. The predicted molar refractivity (Wildman–Crippen MR) is 71.2 cm³/mol. The van der Waals surface area contributed by atoms with Crippen molar-refractivity contribution in [1.29, 1.82) is 0 Å². The lowest BCUT2D eigenvalue weighted by atomic mass is 9.92. The molecule has 0 aliphatic heterocycles. The van der Waals surface area contributed by atoms with E-state index < -0.39 is 11.4 Å². The summed E-state index contributed by atoms with van der Waals surface area (Å²) in [6.07, 6.45) is 1.45. The van der Waals surface area contributed by atoms with E-state index in [0.29, 0.717) is 6.54 Å². The number of halogens is 2. The molecule has 0 heterocycles. The first-order valence-corrected chi connectivity index (χ1v) is 6.33. The Bertz CT molecular complexity index is 425. The summed E-state index contributed by atoms with van der Waals surface area (Å²) in [5, 5.41) is 2.99. The Morgan fingerprint density at radius 1 is 1.44 bits per heavy atom. The van der Waals surface area contributed by atoms with Gasteiger partial charge in [-0.15, -0.1) is 0 Å². The monoisotopic (exact) mass is 272 g/mol. The van der Waals surface area contributed by atoms with Crippen LogP contribution >= 0.6 is 11.6 Å². The van der Waals surface area contributed by atoms with Gasteiger partial charge in [0.1, 0.15) is 5.82 Å². The number of rotatable bonds is 5. The van der Waals surface area contributed by atoms with Crippen LogP contribution in [-0.2, 0) is 0 Å². The highest BCUT2D eigenvalue weighted by Crippen LogP contribution is 2.20. The fraction of sp³-hybridized carbons (Fsp3) is 0.462. The molecule has 0 saturated carbocycles. The molecule has 1 aromatic carbocycles. The lowest BCUT2D eigenvalue weighted by Gasteiger charge is -2.31. The molecule has 5 heteroatoms. The summed E-state index contributed by atoms with van der Waals surface area (Å²) in [5.41, 5.74) is 5.54. The van der Waals surface area contributed by atoms with Crippen molar-refractivity contribution in [1.82, 2.24) is 5.32 Å². The van der Waals surface area contributed by atoms with Crippen molar-refractivity contribution in [3.63, 3.8) is 0 Å². The Balaban J connectivity index is 2.94. The number of hydrogen-bond donors (Lipinski definition) is 2. The van der Waals surface area contributed by atoms with Crippen LogP contribution in [0.1, 0.15) is 37.0 Å². The fourth-order valence-corrected chi connectivity index (χ4v) is 2.00. The highest BCUT2D eigenvalue weighted by molar-refractivity contribution is 6.33. The Hall–Kier alpha value is -1.13. The highest BCUT2D eigenvalue weighted by Gasteiger charge is 2.27. The van der Waals surface area contributed by atoms with E-state index in [2.05, 4.69) is 5.32 Å². The second-order valence-corrected chi connectivity index (χ2v) is 4.68. The molecule has 0 bridgehead atoms. The average Bonchev–Trinajstić information content (AvgIpc) is 2.36. The lowest BCUT2D eigenvalue weighted by molar-refractivity contribution is 0.0895. The van der Waals surface area contributed by atoms with Crippen LogP contribution in [0.2, 0.25) is 5.02 Å².